The first-order chi connectivity index (χ1) is 10.8. The standard InChI is InChI=1S/C16H16Cl3NO2S/c1-11(13-4-2-3-5-14(13)18)20-8-9-23(21,22)16-10-12(17)6-7-15(16)19/h2-7,10-11,20H,8-9H2,1H3/t11-/m0/s1. The van der Waals surface area contributed by atoms with E-state index in [1.165, 1.54) is 12.1 Å². The summed E-state index contributed by atoms with van der Waals surface area (Å²) in [5.41, 5.74) is 0.923. The smallest absolute Gasteiger partial charge is 0.181 e. The molecule has 0 aromatic heterocycles. The third-order valence-corrected chi connectivity index (χ3v) is 6.19. The summed E-state index contributed by atoms with van der Waals surface area (Å²) in [6, 6.07) is 11.8. The van der Waals surface area contributed by atoms with Crippen molar-refractivity contribution in [3.63, 3.8) is 0 Å². The second-order valence-corrected chi connectivity index (χ2v) is 8.42. The Hall–Kier alpha value is -0.780. The monoisotopic (exact) mass is 391 g/mol. The molecule has 2 aromatic rings. The van der Waals surface area contributed by atoms with Crippen LogP contribution in [0.2, 0.25) is 15.1 Å². The van der Waals surface area contributed by atoms with E-state index in [1.807, 2.05) is 25.1 Å². The Kier molecular flexibility index (Phi) is 6.34. The molecule has 0 heterocycles. The number of nitrogens with one attached hydrogen (secondary N) is 1. The van der Waals surface area contributed by atoms with Crippen LogP contribution in [0.5, 0.6) is 0 Å². The lowest BCUT2D eigenvalue weighted by Crippen LogP contribution is -2.26. The van der Waals surface area contributed by atoms with Gasteiger partial charge in [-0.1, -0.05) is 53.0 Å². The largest absolute Gasteiger partial charge is 0.309 e. The van der Waals surface area contributed by atoms with Crippen molar-refractivity contribution in [2.24, 2.45) is 0 Å². The van der Waals surface area contributed by atoms with Crippen molar-refractivity contribution in [1.29, 1.82) is 0 Å². The van der Waals surface area contributed by atoms with Gasteiger partial charge in [0.1, 0.15) is 0 Å². The molecule has 0 aliphatic carbocycles. The van der Waals surface area contributed by atoms with Gasteiger partial charge in [0.15, 0.2) is 9.84 Å². The second-order valence-electron chi connectivity index (χ2n) is 5.09. The van der Waals surface area contributed by atoms with Crippen LogP contribution in [0.15, 0.2) is 47.4 Å². The fourth-order valence-electron chi connectivity index (χ4n) is 2.17. The Labute approximate surface area is 151 Å². The molecule has 23 heavy (non-hydrogen) atoms. The number of benzene rings is 2. The summed E-state index contributed by atoms with van der Waals surface area (Å²) in [4.78, 5) is 0.0545. The van der Waals surface area contributed by atoms with Gasteiger partial charge in [0, 0.05) is 22.6 Å². The summed E-state index contributed by atoms with van der Waals surface area (Å²) in [5.74, 6) is -0.0815. The lowest BCUT2D eigenvalue weighted by molar-refractivity contribution is 0.572. The van der Waals surface area contributed by atoms with Crippen LogP contribution >= 0.6 is 34.8 Å². The van der Waals surface area contributed by atoms with Gasteiger partial charge in [-0.25, -0.2) is 8.42 Å². The molecule has 0 saturated carbocycles. The van der Waals surface area contributed by atoms with E-state index < -0.39 is 9.84 Å². The van der Waals surface area contributed by atoms with Gasteiger partial charge in [0.25, 0.3) is 0 Å². The van der Waals surface area contributed by atoms with Crippen molar-refractivity contribution in [2.75, 3.05) is 12.3 Å². The molecule has 2 rings (SSSR count). The highest BCUT2D eigenvalue weighted by molar-refractivity contribution is 7.91. The molecule has 0 amide bonds. The first-order valence-corrected chi connectivity index (χ1v) is 9.75. The molecule has 0 aliphatic rings. The molecule has 0 radical (unpaired) electrons. The van der Waals surface area contributed by atoms with Gasteiger partial charge in [-0.2, -0.15) is 0 Å². The molecule has 0 spiro atoms. The molecule has 3 nitrogen and oxygen atoms in total. The van der Waals surface area contributed by atoms with Gasteiger partial charge in [-0.15, -0.1) is 0 Å². The van der Waals surface area contributed by atoms with Gasteiger partial charge in [-0.3, -0.25) is 0 Å². The fourth-order valence-corrected chi connectivity index (χ4v) is 4.46. The predicted molar refractivity (Wildman–Crippen MR) is 96.4 cm³/mol. The van der Waals surface area contributed by atoms with Crippen LogP contribution in [0.4, 0.5) is 0 Å². The minimum Gasteiger partial charge on any atom is -0.309 e. The lowest BCUT2D eigenvalue weighted by atomic mass is 10.1. The van der Waals surface area contributed by atoms with Gasteiger partial charge in [-0.05, 0) is 36.8 Å². The summed E-state index contributed by atoms with van der Waals surface area (Å²) in [5, 5.41) is 4.32. The maximum atomic E-state index is 12.4. The van der Waals surface area contributed by atoms with Crippen molar-refractivity contribution >= 4 is 44.6 Å². The van der Waals surface area contributed by atoms with E-state index in [9.17, 15) is 8.42 Å². The molecule has 2 aromatic carbocycles. The van der Waals surface area contributed by atoms with E-state index in [1.54, 1.807) is 12.1 Å². The highest BCUT2D eigenvalue weighted by Crippen LogP contribution is 2.26. The first kappa shape index (κ1) is 18.6. The third kappa shape index (κ3) is 4.85. The highest BCUT2D eigenvalue weighted by atomic mass is 35.5. The van der Waals surface area contributed by atoms with Crippen LogP contribution in [-0.4, -0.2) is 20.7 Å². The number of halogens is 3. The predicted octanol–water partition coefficient (Wildman–Crippen LogP) is 4.77. The minimum atomic E-state index is -3.51. The van der Waals surface area contributed by atoms with E-state index in [0.29, 0.717) is 10.0 Å². The summed E-state index contributed by atoms with van der Waals surface area (Å²) in [7, 11) is -3.51. The lowest BCUT2D eigenvalue weighted by Gasteiger charge is -2.16. The average Bonchev–Trinajstić information content (AvgIpc) is 2.49. The van der Waals surface area contributed by atoms with Gasteiger partial charge in [0.2, 0.25) is 0 Å². The second kappa shape index (κ2) is 7.86. The maximum absolute atomic E-state index is 12.4. The molecule has 124 valence electrons. The summed E-state index contributed by atoms with van der Waals surface area (Å²) < 4.78 is 24.8. The topological polar surface area (TPSA) is 46.2 Å². The molecule has 7 heteroatoms. The Morgan fingerprint density at radius 2 is 1.74 bits per heavy atom. The molecule has 0 saturated heterocycles. The zero-order valence-electron chi connectivity index (χ0n) is 12.4. The van der Waals surface area contributed by atoms with Gasteiger partial charge < -0.3 is 5.32 Å². The van der Waals surface area contributed by atoms with Crippen LogP contribution < -0.4 is 5.32 Å². The van der Waals surface area contributed by atoms with E-state index in [2.05, 4.69) is 5.32 Å². The van der Waals surface area contributed by atoms with E-state index in [-0.39, 0.29) is 28.3 Å². The molecule has 1 atom stereocenters. The maximum Gasteiger partial charge on any atom is 0.181 e. The Bertz CT molecular complexity index is 794. The average molecular weight is 393 g/mol. The van der Waals surface area contributed by atoms with Crippen molar-refractivity contribution in [3.05, 3.63) is 63.1 Å². The molecule has 0 bridgehead atoms. The third-order valence-electron chi connectivity index (χ3n) is 3.42. The summed E-state index contributed by atoms with van der Waals surface area (Å²) in [6.07, 6.45) is 0. The van der Waals surface area contributed by atoms with Crippen molar-refractivity contribution in [3.8, 4) is 0 Å². The zero-order chi connectivity index (χ0) is 17.0. The van der Waals surface area contributed by atoms with Gasteiger partial charge in [0.05, 0.1) is 15.7 Å². The first-order valence-electron chi connectivity index (χ1n) is 6.97. The molecular formula is C16H16Cl3NO2S. The number of sulfone groups is 1. The molecule has 0 unspecified atom stereocenters. The van der Waals surface area contributed by atoms with E-state index >= 15 is 0 Å². The van der Waals surface area contributed by atoms with Gasteiger partial charge >= 0.3 is 0 Å². The van der Waals surface area contributed by atoms with Crippen LogP contribution in [0, 0.1) is 0 Å². The number of hydrogen-bond acceptors (Lipinski definition) is 3. The summed E-state index contributed by atoms with van der Waals surface area (Å²) in [6.45, 7) is 2.21. The number of hydrogen-bond donors (Lipinski definition) is 1. The van der Waals surface area contributed by atoms with Crippen LogP contribution in [0.1, 0.15) is 18.5 Å². The quantitative estimate of drug-likeness (QED) is 0.770. The Balaban J connectivity index is 2.03. The Morgan fingerprint density at radius 1 is 1.04 bits per heavy atom. The normalized spacial score (nSPS) is 13.0. The molecule has 0 fully saturated rings. The molecule has 1 N–H and O–H groups in total. The molecule has 0 aliphatic heterocycles. The minimum absolute atomic E-state index is 0.0545. The van der Waals surface area contributed by atoms with Crippen molar-refractivity contribution in [2.45, 2.75) is 17.9 Å². The zero-order valence-corrected chi connectivity index (χ0v) is 15.5. The highest BCUT2D eigenvalue weighted by Gasteiger charge is 2.19. The van der Waals surface area contributed by atoms with Crippen LogP contribution in [0.25, 0.3) is 0 Å². The Morgan fingerprint density at radius 3 is 2.43 bits per heavy atom. The van der Waals surface area contributed by atoms with Crippen LogP contribution in [0.3, 0.4) is 0 Å². The fraction of sp³-hybridized carbons (Fsp3) is 0.250. The van der Waals surface area contributed by atoms with Crippen molar-refractivity contribution < 1.29 is 8.42 Å². The molecular weight excluding hydrogens is 377 g/mol. The SMILES string of the molecule is C[C@H](NCCS(=O)(=O)c1cc(Cl)ccc1Cl)c1ccccc1Cl. The number of rotatable bonds is 6. The summed E-state index contributed by atoms with van der Waals surface area (Å²) >= 11 is 17.9. The van der Waals surface area contributed by atoms with Crippen LogP contribution in [-0.2, 0) is 9.84 Å². The van der Waals surface area contributed by atoms with E-state index in [4.69, 9.17) is 34.8 Å². The van der Waals surface area contributed by atoms with Crippen molar-refractivity contribution in [1.82, 2.24) is 5.32 Å². The van der Waals surface area contributed by atoms with E-state index in [0.717, 1.165) is 5.56 Å².